The molecule has 3 rings (SSSR count). The van der Waals surface area contributed by atoms with E-state index >= 15 is 0 Å². The van der Waals surface area contributed by atoms with Crippen molar-refractivity contribution in [2.75, 3.05) is 16.0 Å². The largest absolute Gasteiger partial charge is 0.326 e. The van der Waals surface area contributed by atoms with Crippen molar-refractivity contribution in [1.29, 1.82) is 0 Å². The first kappa shape index (κ1) is 20.1. The van der Waals surface area contributed by atoms with Crippen LogP contribution in [0.3, 0.4) is 0 Å². The molecule has 0 saturated heterocycles. The van der Waals surface area contributed by atoms with E-state index in [2.05, 4.69) is 16.0 Å². The number of anilines is 3. The molecule has 0 aliphatic heterocycles. The van der Waals surface area contributed by atoms with Gasteiger partial charge in [-0.2, -0.15) is 0 Å². The van der Waals surface area contributed by atoms with E-state index in [1.54, 1.807) is 48.5 Å². The van der Waals surface area contributed by atoms with Crippen LogP contribution in [0, 0.1) is 5.82 Å². The predicted molar refractivity (Wildman–Crippen MR) is 114 cm³/mol. The average molecular weight is 391 g/mol. The summed E-state index contributed by atoms with van der Waals surface area (Å²) in [5, 5.41) is 8.30. The summed E-state index contributed by atoms with van der Waals surface area (Å²) in [4.78, 5) is 24.3. The third-order valence-electron chi connectivity index (χ3n) is 4.39. The molecule has 0 aromatic heterocycles. The predicted octanol–water partition coefficient (Wildman–Crippen LogP) is 5.60. The summed E-state index contributed by atoms with van der Waals surface area (Å²) in [6, 6.07) is 21.8. The Bertz CT molecular complexity index is 958. The van der Waals surface area contributed by atoms with Gasteiger partial charge in [0.25, 0.3) is 0 Å². The van der Waals surface area contributed by atoms with Crippen molar-refractivity contribution in [3.63, 3.8) is 0 Å². The third kappa shape index (κ3) is 6.17. The standard InChI is InChI=1S/C23H22FN3O2/c1-16(17-7-9-18(24)10-8-17)15-22(28)25-20-11-13-21(14-12-20)27-23(29)26-19-5-3-2-4-6-19/h2-14,16H,15H2,1H3,(H,25,28)(H2,26,27,29). The fourth-order valence-electron chi connectivity index (χ4n) is 2.85. The van der Waals surface area contributed by atoms with Gasteiger partial charge >= 0.3 is 6.03 Å². The van der Waals surface area contributed by atoms with Crippen molar-refractivity contribution in [3.8, 4) is 0 Å². The summed E-state index contributed by atoms with van der Waals surface area (Å²) in [6.45, 7) is 1.92. The molecule has 1 unspecified atom stereocenters. The molecule has 0 radical (unpaired) electrons. The number of amides is 3. The molecular formula is C23H22FN3O2. The zero-order valence-corrected chi connectivity index (χ0v) is 16.0. The second kappa shape index (κ2) is 9.50. The van der Waals surface area contributed by atoms with Crippen molar-refractivity contribution in [1.82, 2.24) is 0 Å². The Hall–Kier alpha value is -3.67. The number of rotatable bonds is 6. The Labute approximate surface area is 169 Å². The van der Waals surface area contributed by atoms with E-state index in [9.17, 15) is 14.0 Å². The van der Waals surface area contributed by atoms with E-state index in [0.717, 1.165) is 5.56 Å². The highest BCUT2D eigenvalue weighted by Crippen LogP contribution is 2.21. The first-order chi connectivity index (χ1) is 14.0. The molecule has 0 aliphatic carbocycles. The minimum atomic E-state index is -0.346. The van der Waals surface area contributed by atoms with Crippen LogP contribution in [-0.2, 0) is 4.79 Å². The van der Waals surface area contributed by atoms with Gasteiger partial charge in [-0.05, 0) is 60.0 Å². The number of hydrogen-bond donors (Lipinski definition) is 3. The van der Waals surface area contributed by atoms with Crippen LogP contribution in [0.2, 0.25) is 0 Å². The normalized spacial score (nSPS) is 11.4. The van der Waals surface area contributed by atoms with Crippen LogP contribution in [0.4, 0.5) is 26.2 Å². The first-order valence-corrected chi connectivity index (χ1v) is 9.28. The number of urea groups is 1. The SMILES string of the molecule is CC(CC(=O)Nc1ccc(NC(=O)Nc2ccccc2)cc1)c1ccc(F)cc1. The summed E-state index contributed by atoms with van der Waals surface area (Å²) >= 11 is 0. The Balaban J connectivity index is 1.50. The van der Waals surface area contributed by atoms with E-state index < -0.39 is 0 Å². The average Bonchev–Trinajstić information content (AvgIpc) is 2.70. The van der Waals surface area contributed by atoms with Crippen LogP contribution < -0.4 is 16.0 Å². The summed E-state index contributed by atoms with van der Waals surface area (Å²) in [7, 11) is 0. The molecule has 29 heavy (non-hydrogen) atoms. The van der Waals surface area contributed by atoms with Gasteiger partial charge in [0.05, 0.1) is 0 Å². The van der Waals surface area contributed by atoms with Crippen LogP contribution in [0.25, 0.3) is 0 Å². The quantitative estimate of drug-likeness (QED) is 0.512. The van der Waals surface area contributed by atoms with Gasteiger partial charge in [-0.1, -0.05) is 37.3 Å². The lowest BCUT2D eigenvalue weighted by atomic mass is 9.97. The zero-order chi connectivity index (χ0) is 20.6. The molecule has 3 N–H and O–H groups in total. The lowest BCUT2D eigenvalue weighted by molar-refractivity contribution is -0.116. The van der Waals surface area contributed by atoms with E-state index in [4.69, 9.17) is 0 Å². The highest BCUT2D eigenvalue weighted by atomic mass is 19.1. The smallest absolute Gasteiger partial charge is 0.323 e. The van der Waals surface area contributed by atoms with Gasteiger partial charge in [0.1, 0.15) is 5.82 Å². The molecule has 3 aromatic carbocycles. The minimum absolute atomic E-state index is 0.0294. The maximum atomic E-state index is 13.0. The second-order valence-electron chi connectivity index (χ2n) is 6.73. The fraction of sp³-hybridized carbons (Fsp3) is 0.130. The van der Waals surface area contributed by atoms with Crippen LogP contribution in [0.15, 0.2) is 78.9 Å². The van der Waals surface area contributed by atoms with Crippen LogP contribution >= 0.6 is 0 Å². The van der Waals surface area contributed by atoms with E-state index in [0.29, 0.717) is 17.1 Å². The molecule has 5 nitrogen and oxygen atoms in total. The highest BCUT2D eigenvalue weighted by Gasteiger charge is 2.12. The fourth-order valence-corrected chi connectivity index (χ4v) is 2.85. The number of nitrogens with one attached hydrogen (secondary N) is 3. The molecule has 0 fully saturated rings. The Morgan fingerprint density at radius 3 is 1.86 bits per heavy atom. The summed E-state index contributed by atoms with van der Waals surface area (Å²) in [5.41, 5.74) is 2.85. The van der Waals surface area contributed by atoms with Crippen LogP contribution in [0.5, 0.6) is 0 Å². The molecule has 148 valence electrons. The van der Waals surface area contributed by atoms with E-state index in [1.807, 2.05) is 25.1 Å². The second-order valence-corrected chi connectivity index (χ2v) is 6.73. The number of carbonyl (C=O) groups excluding carboxylic acids is 2. The third-order valence-corrected chi connectivity index (χ3v) is 4.39. The van der Waals surface area contributed by atoms with Gasteiger partial charge in [-0.3, -0.25) is 4.79 Å². The van der Waals surface area contributed by atoms with E-state index in [-0.39, 0.29) is 30.1 Å². The van der Waals surface area contributed by atoms with Gasteiger partial charge < -0.3 is 16.0 Å². The lowest BCUT2D eigenvalue weighted by Crippen LogP contribution is -2.19. The maximum absolute atomic E-state index is 13.0. The van der Waals surface area contributed by atoms with Gasteiger partial charge in [0, 0.05) is 23.5 Å². The minimum Gasteiger partial charge on any atom is -0.326 e. The van der Waals surface area contributed by atoms with Crippen molar-refractivity contribution in [2.24, 2.45) is 0 Å². The van der Waals surface area contributed by atoms with Crippen molar-refractivity contribution in [2.45, 2.75) is 19.3 Å². The highest BCUT2D eigenvalue weighted by molar-refractivity contribution is 6.00. The van der Waals surface area contributed by atoms with Crippen LogP contribution in [-0.4, -0.2) is 11.9 Å². The Morgan fingerprint density at radius 2 is 1.28 bits per heavy atom. The number of carbonyl (C=O) groups is 2. The zero-order valence-electron chi connectivity index (χ0n) is 16.0. The summed E-state index contributed by atoms with van der Waals surface area (Å²) < 4.78 is 13.0. The molecular weight excluding hydrogens is 369 g/mol. The molecule has 1 atom stereocenters. The van der Waals surface area contributed by atoms with Gasteiger partial charge in [0.15, 0.2) is 0 Å². The molecule has 0 spiro atoms. The molecule has 6 heteroatoms. The monoisotopic (exact) mass is 391 g/mol. The molecule has 3 amide bonds. The number of hydrogen-bond acceptors (Lipinski definition) is 2. The number of para-hydroxylation sites is 1. The first-order valence-electron chi connectivity index (χ1n) is 9.28. The number of benzene rings is 3. The Kier molecular flexibility index (Phi) is 6.58. The lowest BCUT2D eigenvalue weighted by Gasteiger charge is -2.13. The van der Waals surface area contributed by atoms with Crippen molar-refractivity contribution in [3.05, 3.63) is 90.2 Å². The molecule has 0 saturated carbocycles. The Morgan fingerprint density at radius 1 is 0.759 bits per heavy atom. The summed E-state index contributed by atoms with van der Waals surface area (Å²) in [6.07, 6.45) is 0.283. The molecule has 3 aromatic rings. The van der Waals surface area contributed by atoms with Crippen LogP contribution in [0.1, 0.15) is 24.8 Å². The van der Waals surface area contributed by atoms with Crippen molar-refractivity contribution < 1.29 is 14.0 Å². The van der Waals surface area contributed by atoms with E-state index in [1.165, 1.54) is 12.1 Å². The van der Waals surface area contributed by atoms with Crippen molar-refractivity contribution >= 4 is 29.0 Å². The van der Waals surface area contributed by atoms with Gasteiger partial charge in [-0.25, -0.2) is 9.18 Å². The molecule has 0 heterocycles. The molecule has 0 aliphatic rings. The van der Waals surface area contributed by atoms with Gasteiger partial charge in [-0.15, -0.1) is 0 Å². The number of halogens is 1. The maximum Gasteiger partial charge on any atom is 0.323 e. The topological polar surface area (TPSA) is 70.2 Å². The molecule has 0 bridgehead atoms. The summed E-state index contributed by atoms with van der Waals surface area (Å²) in [5.74, 6) is -0.459. The van der Waals surface area contributed by atoms with Gasteiger partial charge in [0.2, 0.25) is 5.91 Å².